The normalized spacial score (nSPS) is 17.2. The summed E-state index contributed by atoms with van der Waals surface area (Å²) in [5.74, 6) is 0.804. The zero-order valence-electron chi connectivity index (χ0n) is 11.0. The van der Waals surface area contributed by atoms with Gasteiger partial charge in [0.2, 0.25) is 0 Å². The molecule has 3 rings (SSSR count). The van der Waals surface area contributed by atoms with Crippen molar-refractivity contribution in [1.29, 1.82) is 0 Å². The Labute approximate surface area is 123 Å². The van der Waals surface area contributed by atoms with Crippen molar-refractivity contribution in [2.24, 2.45) is 0 Å². The lowest BCUT2D eigenvalue weighted by atomic mass is 9.80. The van der Waals surface area contributed by atoms with Crippen LogP contribution in [0.2, 0.25) is 4.34 Å². The van der Waals surface area contributed by atoms with E-state index in [-0.39, 0.29) is 6.04 Å². The highest BCUT2D eigenvalue weighted by Crippen LogP contribution is 2.37. The lowest BCUT2D eigenvalue weighted by Crippen LogP contribution is -2.16. The first-order chi connectivity index (χ1) is 9.28. The third-order valence-corrected chi connectivity index (χ3v) is 5.31. The molecule has 1 aliphatic carbocycles. The second kappa shape index (κ2) is 5.66. The van der Waals surface area contributed by atoms with Crippen molar-refractivity contribution >= 4 is 22.9 Å². The molecule has 3 heteroatoms. The van der Waals surface area contributed by atoms with Gasteiger partial charge in [-0.15, -0.1) is 11.3 Å². The zero-order valence-corrected chi connectivity index (χ0v) is 12.6. The zero-order chi connectivity index (χ0) is 13.2. The molecule has 1 nitrogen and oxygen atoms in total. The molecule has 1 aromatic carbocycles. The van der Waals surface area contributed by atoms with E-state index < -0.39 is 0 Å². The second-order valence-corrected chi connectivity index (χ2v) is 6.90. The Balaban J connectivity index is 1.83. The molecule has 100 valence electrons. The molecule has 1 fully saturated rings. The van der Waals surface area contributed by atoms with Crippen molar-refractivity contribution in [2.75, 3.05) is 7.05 Å². The van der Waals surface area contributed by atoms with Crippen LogP contribution in [0.1, 0.15) is 47.2 Å². The Morgan fingerprint density at radius 3 is 2.37 bits per heavy atom. The Hall–Kier alpha value is -0.830. The van der Waals surface area contributed by atoms with E-state index in [1.54, 1.807) is 11.3 Å². The Bertz CT molecular complexity index is 542. The molecule has 0 spiro atoms. The molecule has 19 heavy (non-hydrogen) atoms. The van der Waals surface area contributed by atoms with Gasteiger partial charge in [-0.25, -0.2) is 0 Å². The molecule has 1 heterocycles. The largest absolute Gasteiger partial charge is 0.309 e. The van der Waals surface area contributed by atoms with Crippen molar-refractivity contribution in [3.05, 3.63) is 56.7 Å². The first kappa shape index (κ1) is 13.2. The fourth-order valence-corrected chi connectivity index (χ4v) is 3.86. The molecule has 1 atom stereocenters. The van der Waals surface area contributed by atoms with Crippen LogP contribution in [0, 0.1) is 0 Å². The van der Waals surface area contributed by atoms with Crippen molar-refractivity contribution < 1.29 is 0 Å². The molecule has 1 aliphatic rings. The van der Waals surface area contributed by atoms with Crippen LogP contribution in [-0.4, -0.2) is 7.05 Å². The minimum absolute atomic E-state index is 0.243. The first-order valence-electron chi connectivity index (χ1n) is 6.80. The van der Waals surface area contributed by atoms with E-state index in [1.165, 1.54) is 35.3 Å². The van der Waals surface area contributed by atoms with E-state index in [0.29, 0.717) is 0 Å². The van der Waals surface area contributed by atoms with Crippen LogP contribution in [0.5, 0.6) is 0 Å². The van der Waals surface area contributed by atoms with E-state index in [9.17, 15) is 0 Å². The van der Waals surface area contributed by atoms with Gasteiger partial charge in [-0.3, -0.25) is 0 Å². The summed E-state index contributed by atoms with van der Waals surface area (Å²) in [4.78, 5) is 1.27. The van der Waals surface area contributed by atoms with E-state index in [2.05, 4.69) is 35.6 Å². The van der Waals surface area contributed by atoms with Crippen LogP contribution in [0.15, 0.2) is 36.4 Å². The summed E-state index contributed by atoms with van der Waals surface area (Å²) < 4.78 is 0.848. The van der Waals surface area contributed by atoms with Crippen molar-refractivity contribution in [3.63, 3.8) is 0 Å². The molecule has 0 bridgehead atoms. The summed E-state index contributed by atoms with van der Waals surface area (Å²) in [6.07, 6.45) is 4.10. The van der Waals surface area contributed by atoms with Crippen molar-refractivity contribution in [2.45, 2.75) is 31.2 Å². The van der Waals surface area contributed by atoms with Crippen LogP contribution in [0.4, 0.5) is 0 Å². The Morgan fingerprint density at radius 2 is 1.89 bits per heavy atom. The van der Waals surface area contributed by atoms with Crippen LogP contribution >= 0.6 is 22.9 Å². The van der Waals surface area contributed by atoms with Gasteiger partial charge in [-0.05, 0) is 49.1 Å². The number of nitrogens with one attached hydrogen (secondary N) is 1. The van der Waals surface area contributed by atoms with Gasteiger partial charge in [0.25, 0.3) is 0 Å². The Kier molecular flexibility index (Phi) is 3.92. The van der Waals surface area contributed by atoms with E-state index in [4.69, 9.17) is 11.6 Å². The molecule has 1 saturated carbocycles. The summed E-state index contributed by atoms with van der Waals surface area (Å²) in [6, 6.07) is 13.4. The van der Waals surface area contributed by atoms with Crippen LogP contribution in [0.3, 0.4) is 0 Å². The van der Waals surface area contributed by atoms with E-state index >= 15 is 0 Å². The minimum Gasteiger partial charge on any atom is -0.309 e. The maximum Gasteiger partial charge on any atom is 0.0931 e. The molecule has 1 N–H and O–H groups in total. The number of halogens is 1. The van der Waals surface area contributed by atoms with Crippen LogP contribution < -0.4 is 5.32 Å². The topological polar surface area (TPSA) is 12.0 Å². The van der Waals surface area contributed by atoms with Gasteiger partial charge in [0.1, 0.15) is 0 Å². The van der Waals surface area contributed by atoms with Crippen molar-refractivity contribution in [3.8, 4) is 0 Å². The third kappa shape index (κ3) is 2.71. The van der Waals surface area contributed by atoms with Crippen LogP contribution in [0.25, 0.3) is 0 Å². The number of benzene rings is 1. The highest BCUT2D eigenvalue weighted by molar-refractivity contribution is 7.16. The molecule has 0 aliphatic heterocycles. The van der Waals surface area contributed by atoms with Gasteiger partial charge in [-0.2, -0.15) is 0 Å². The Morgan fingerprint density at radius 1 is 1.16 bits per heavy atom. The maximum atomic E-state index is 6.03. The van der Waals surface area contributed by atoms with Gasteiger partial charge >= 0.3 is 0 Å². The summed E-state index contributed by atoms with van der Waals surface area (Å²) in [5, 5.41) is 3.38. The third-order valence-electron chi connectivity index (χ3n) is 4.01. The molecule has 0 saturated heterocycles. The first-order valence-corrected chi connectivity index (χ1v) is 7.99. The average Bonchev–Trinajstić information content (AvgIpc) is 2.77. The van der Waals surface area contributed by atoms with Crippen LogP contribution in [-0.2, 0) is 0 Å². The quantitative estimate of drug-likeness (QED) is 0.838. The maximum absolute atomic E-state index is 6.03. The summed E-state index contributed by atoms with van der Waals surface area (Å²) in [6.45, 7) is 0. The van der Waals surface area contributed by atoms with Gasteiger partial charge in [0, 0.05) is 4.88 Å². The fourth-order valence-electron chi connectivity index (χ4n) is 2.66. The molecule has 0 radical (unpaired) electrons. The second-order valence-electron chi connectivity index (χ2n) is 5.16. The average molecular weight is 292 g/mol. The smallest absolute Gasteiger partial charge is 0.0931 e. The molecule has 1 aromatic heterocycles. The van der Waals surface area contributed by atoms with Crippen molar-refractivity contribution in [1.82, 2.24) is 5.32 Å². The SMILES string of the molecule is CNC(c1ccc(C2CCC2)cc1)c1ccc(Cl)s1. The lowest BCUT2D eigenvalue weighted by Gasteiger charge is -2.26. The van der Waals surface area contributed by atoms with Gasteiger partial charge in [0.05, 0.1) is 10.4 Å². The summed E-state index contributed by atoms with van der Waals surface area (Å²) >= 11 is 7.68. The number of hydrogen-bond acceptors (Lipinski definition) is 2. The van der Waals surface area contributed by atoms with Gasteiger partial charge in [-0.1, -0.05) is 42.3 Å². The molecule has 2 aromatic rings. The standard InChI is InChI=1S/C16H18ClNS/c1-18-16(14-9-10-15(17)19-14)13-7-5-12(6-8-13)11-3-2-4-11/h5-11,16,18H,2-4H2,1H3. The molecule has 1 unspecified atom stereocenters. The highest BCUT2D eigenvalue weighted by atomic mass is 35.5. The minimum atomic E-state index is 0.243. The number of rotatable bonds is 4. The van der Waals surface area contributed by atoms with Gasteiger partial charge < -0.3 is 5.32 Å². The van der Waals surface area contributed by atoms with E-state index in [0.717, 1.165) is 10.3 Å². The predicted molar refractivity (Wildman–Crippen MR) is 83.3 cm³/mol. The molecular weight excluding hydrogens is 274 g/mol. The highest BCUT2D eigenvalue weighted by Gasteiger charge is 2.20. The number of thiophene rings is 1. The fraction of sp³-hybridized carbons (Fsp3) is 0.375. The number of hydrogen-bond donors (Lipinski definition) is 1. The summed E-state index contributed by atoms with van der Waals surface area (Å²) in [5.41, 5.74) is 2.80. The van der Waals surface area contributed by atoms with E-state index in [1.807, 2.05) is 13.1 Å². The molecule has 0 amide bonds. The lowest BCUT2D eigenvalue weighted by molar-refractivity contribution is 0.419. The monoisotopic (exact) mass is 291 g/mol. The predicted octanol–water partition coefficient (Wildman–Crippen LogP) is 4.98. The molecular formula is C16H18ClNS. The summed E-state index contributed by atoms with van der Waals surface area (Å²) in [7, 11) is 2.00. The van der Waals surface area contributed by atoms with Gasteiger partial charge in [0.15, 0.2) is 0 Å².